The predicted molar refractivity (Wildman–Crippen MR) is 67.0 cm³/mol. The molecule has 0 saturated carbocycles. The Kier molecular flexibility index (Phi) is 6.46. The molecule has 0 rings (SSSR count). The van der Waals surface area contributed by atoms with Gasteiger partial charge < -0.3 is 10.0 Å². The molecule has 0 aliphatic heterocycles. The van der Waals surface area contributed by atoms with Crippen molar-refractivity contribution >= 4 is 0 Å². The van der Waals surface area contributed by atoms with Gasteiger partial charge in [0.05, 0.1) is 0 Å². The van der Waals surface area contributed by atoms with Crippen molar-refractivity contribution in [3.05, 3.63) is 0 Å². The molecule has 0 spiro atoms. The van der Waals surface area contributed by atoms with E-state index in [2.05, 4.69) is 46.6 Å². The number of hydrogen-bond acceptors (Lipinski definition) is 2. The van der Waals surface area contributed by atoms with E-state index in [1.807, 2.05) is 0 Å². The molecule has 15 heavy (non-hydrogen) atoms. The summed E-state index contributed by atoms with van der Waals surface area (Å²) in [7, 11) is 2.16. The van der Waals surface area contributed by atoms with Gasteiger partial charge in [0.15, 0.2) is 0 Å². The Morgan fingerprint density at radius 3 is 2.13 bits per heavy atom. The molecule has 1 N–H and O–H groups in total. The van der Waals surface area contributed by atoms with Gasteiger partial charge in [-0.1, -0.05) is 27.7 Å². The Bertz CT molecular complexity index is 164. The van der Waals surface area contributed by atoms with Crippen molar-refractivity contribution in [1.29, 1.82) is 0 Å². The lowest BCUT2D eigenvalue weighted by atomic mass is 9.87. The first kappa shape index (κ1) is 14.9. The largest absolute Gasteiger partial charge is 0.396 e. The van der Waals surface area contributed by atoms with Crippen molar-refractivity contribution in [1.82, 2.24) is 4.90 Å². The molecule has 0 heterocycles. The van der Waals surface area contributed by atoms with E-state index in [0.717, 1.165) is 18.9 Å². The molecule has 2 nitrogen and oxygen atoms in total. The molecule has 2 heteroatoms. The van der Waals surface area contributed by atoms with E-state index in [0.29, 0.717) is 6.04 Å². The highest BCUT2D eigenvalue weighted by Gasteiger charge is 2.25. The Morgan fingerprint density at radius 2 is 1.80 bits per heavy atom. The van der Waals surface area contributed by atoms with Crippen LogP contribution < -0.4 is 0 Å². The molecule has 0 aromatic carbocycles. The number of rotatable bonds is 7. The van der Waals surface area contributed by atoms with Gasteiger partial charge in [0.25, 0.3) is 0 Å². The van der Waals surface area contributed by atoms with Gasteiger partial charge in [0.1, 0.15) is 0 Å². The maximum absolute atomic E-state index is 9.37. The smallest absolute Gasteiger partial charge is 0.0496 e. The maximum Gasteiger partial charge on any atom is 0.0496 e. The Labute approximate surface area is 95.7 Å². The van der Waals surface area contributed by atoms with Crippen molar-refractivity contribution in [2.75, 3.05) is 20.2 Å². The standard InChI is InChI=1S/C13H29NO/c1-7-13(5,10-15)9-14(6)12(4)8-11(2)3/h11-12,15H,7-10H2,1-6H3. The fourth-order valence-electron chi connectivity index (χ4n) is 1.89. The molecule has 2 atom stereocenters. The second kappa shape index (κ2) is 6.49. The number of hydrogen-bond donors (Lipinski definition) is 1. The lowest BCUT2D eigenvalue weighted by molar-refractivity contribution is 0.0764. The van der Waals surface area contributed by atoms with Gasteiger partial charge in [-0.2, -0.15) is 0 Å². The lowest BCUT2D eigenvalue weighted by Crippen LogP contribution is -2.40. The summed E-state index contributed by atoms with van der Waals surface area (Å²) in [5, 5.41) is 9.37. The molecule has 0 aliphatic carbocycles. The van der Waals surface area contributed by atoms with Crippen LogP contribution in [-0.2, 0) is 0 Å². The van der Waals surface area contributed by atoms with E-state index >= 15 is 0 Å². The SMILES string of the molecule is CCC(C)(CO)CN(C)C(C)CC(C)C. The lowest BCUT2D eigenvalue weighted by Gasteiger charge is -2.35. The number of aliphatic hydroxyl groups is 1. The fraction of sp³-hybridized carbons (Fsp3) is 1.00. The molecule has 0 amide bonds. The molecule has 0 aliphatic rings. The monoisotopic (exact) mass is 215 g/mol. The summed E-state index contributed by atoms with van der Waals surface area (Å²) in [6.45, 7) is 12.4. The van der Waals surface area contributed by atoms with Crippen LogP contribution in [0.1, 0.15) is 47.5 Å². The fourth-order valence-corrected chi connectivity index (χ4v) is 1.89. The molecule has 0 aromatic heterocycles. The van der Waals surface area contributed by atoms with Gasteiger partial charge >= 0.3 is 0 Å². The Morgan fingerprint density at radius 1 is 1.27 bits per heavy atom. The topological polar surface area (TPSA) is 23.5 Å². The van der Waals surface area contributed by atoms with E-state index in [-0.39, 0.29) is 12.0 Å². The zero-order valence-corrected chi connectivity index (χ0v) is 11.4. The molecule has 2 unspecified atom stereocenters. The number of nitrogens with zero attached hydrogens (tertiary/aromatic N) is 1. The first-order valence-electron chi connectivity index (χ1n) is 6.15. The number of aliphatic hydroxyl groups excluding tert-OH is 1. The minimum atomic E-state index is 0.0555. The molecular weight excluding hydrogens is 186 g/mol. The third-order valence-corrected chi connectivity index (χ3v) is 3.43. The van der Waals surface area contributed by atoms with Crippen LogP contribution in [0.25, 0.3) is 0 Å². The van der Waals surface area contributed by atoms with E-state index in [4.69, 9.17) is 0 Å². The zero-order valence-electron chi connectivity index (χ0n) is 11.4. The average molecular weight is 215 g/mol. The predicted octanol–water partition coefficient (Wildman–Crippen LogP) is 2.76. The summed E-state index contributed by atoms with van der Waals surface area (Å²) in [4.78, 5) is 2.37. The second-order valence-electron chi connectivity index (χ2n) is 5.72. The molecule has 0 aromatic rings. The Hall–Kier alpha value is -0.0800. The van der Waals surface area contributed by atoms with Crippen molar-refractivity contribution in [2.45, 2.75) is 53.5 Å². The summed E-state index contributed by atoms with van der Waals surface area (Å²) in [6.07, 6.45) is 2.25. The summed E-state index contributed by atoms with van der Waals surface area (Å²) in [6, 6.07) is 0.599. The van der Waals surface area contributed by atoms with Crippen LogP contribution in [0.15, 0.2) is 0 Å². The molecular formula is C13H29NO. The molecule has 0 bridgehead atoms. The molecule has 0 radical (unpaired) electrons. The van der Waals surface area contributed by atoms with Crippen LogP contribution >= 0.6 is 0 Å². The van der Waals surface area contributed by atoms with Gasteiger partial charge in [-0.05, 0) is 32.7 Å². The van der Waals surface area contributed by atoms with Gasteiger partial charge in [-0.3, -0.25) is 0 Å². The van der Waals surface area contributed by atoms with Crippen molar-refractivity contribution in [2.24, 2.45) is 11.3 Å². The summed E-state index contributed by atoms with van der Waals surface area (Å²) in [5.41, 5.74) is 0.0555. The highest BCUT2D eigenvalue weighted by Crippen LogP contribution is 2.23. The molecule has 0 saturated heterocycles. The van der Waals surface area contributed by atoms with E-state index < -0.39 is 0 Å². The third kappa shape index (κ3) is 5.53. The van der Waals surface area contributed by atoms with Crippen LogP contribution in [0.3, 0.4) is 0 Å². The van der Waals surface area contributed by atoms with Crippen LogP contribution in [0.2, 0.25) is 0 Å². The van der Waals surface area contributed by atoms with E-state index in [9.17, 15) is 5.11 Å². The van der Waals surface area contributed by atoms with Gasteiger partial charge in [0.2, 0.25) is 0 Å². The maximum atomic E-state index is 9.37. The second-order valence-corrected chi connectivity index (χ2v) is 5.72. The first-order chi connectivity index (χ1) is 6.84. The van der Waals surface area contributed by atoms with Crippen LogP contribution in [0.4, 0.5) is 0 Å². The molecule has 0 fully saturated rings. The minimum Gasteiger partial charge on any atom is -0.396 e. The first-order valence-corrected chi connectivity index (χ1v) is 6.15. The van der Waals surface area contributed by atoms with Crippen molar-refractivity contribution in [3.8, 4) is 0 Å². The van der Waals surface area contributed by atoms with Crippen LogP contribution in [-0.4, -0.2) is 36.2 Å². The average Bonchev–Trinajstić information content (AvgIpc) is 2.16. The van der Waals surface area contributed by atoms with Crippen molar-refractivity contribution < 1.29 is 5.11 Å². The zero-order chi connectivity index (χ0) is 12.1. The summed E-state index contributed by atoms with van der Waals surface area (Å²) >= 11 is 0. The Balaban J connectivity index is 4.15. The highest BCUT2D eigenvalue weighted by atomic mass is 16.3. The van der Waals surface area contributed by atoms with Crippen LogP contribution in [0, 0.1) is 11.3 Å². The molecule has 92 valence electrons. The van der Waals surface area contributed by atoms with Gasteiger partial charge in [-0.15, -0.1) is 0 Å². The van der Waals surface area contributed by atoms with Crippen LogP contribution in [0.5, 0.6) is 0 Å². The summed E-state index contributed by atoms with van der Waals surface area (Å²) in [5.74, 6) is 0.740. The van der Waals surface area contributed by atoms with Gasteiger partial charge in [-0.25, -0.2) is 0 Å². The van der Waals surface area contributed by atoms with E-state index in [1.54, 1.807) is 0 Å². The summed E-state index contributed by atoms with van der Waals surface area (Å²) < 4.78 is 0. The van der Waals surface area contributed by atoms with Crippen molar-refractivity contribution in [3.63, 3.8) is 0 Å². The highest BCUT2D eigenvalue weighted by molar-refractivity contribution is 4.77. The van der Waals surface area contributed by atoms with Gasteiger partial charge in [0, 0.05) is 24.6 Å². The quantitative estimate of drug-likeness (QED) is 0.706. The third-order valence-electron chi connectivity index (χ3n) is 3.43. The normalized spacial score (nSPS) is 18.2. The minimum absolute atomic E-state index is 0.0555. The van der Waals surface area contributed by atoms with E-state index in [1.165, 1.54) is 6.42 Å².